The fourth-order valence-electron chi connectivity index (χ4n) is 2.65. The van der Waals surface area contributed by atoms with Gasteiger partial charge >= 0.3 is 18.2 Å². The molecule has 0 aliphatic rings. The van der Waals surface area contributed by atoms with Crippen LogP contribution in [0.3, 0.4) is 0 Å². The van der Waals surface area contributed by atoms with Crippen LogP contribution in [0.25, 0.3) is 17.1 Å². The van der Waals surface area contributed by atoms with Crippen LogP contribution in [0.4, 0.5) is 18.0 Å². The summed E-state index contributed by atoms with van der Waals surface area (Å²) in [5.41, 5.74) is 5.66. The molecule has 1 heterocycles. The molecule has 0 radical (unpaired) electrons. The fraction of sp³-hybridized carbons (Fsp3) is 0.190. The van der Waals surface area contributed by atoms with E-state index in [0.29, 0.717) is 17.1 Å². The zero-order chi connectivity index (χ0) is 24.6. The van der Waals surface area contributed by atoms with Crippen LogP contribution < -0.4 is 16.2 Å². The van der Waals surface area contributed by atoms with Crippen LogP contribution in [0.2, 0.25) is 0 Å². The smallest absolute Gasteiger partial charge is 0.422 e. The third-order valence-corrected chi connectivity index (χ3v) is 4.15. The first-order valence-corrected chi connectivity index (χ1v) is 9.87. The fourth-order valence-corrected chi connectivity index (χ4v) is 2.65. The minimum atomic E-state index is -4.65. The van der Waals surface area contributed by atoms with E-state index in [9.17, 15) is 27.6 Å². The molecule has 13 heteroatoms. The maximum Gasteiger partial charge on any atom is 0.422 e. The Hall–Kier alpha value is -4.42. The van der Waals surface area contributed by atoms with E-state index in [1.54, 1.807) is 36.4 Å². The van der Waals surface area contributed by atoms with Crippen molar-refractivity contribution in [2.75, 3.05) is 13.2 Å². The second-order valence-electron chi connectivity index (χ2n) is 6.74. The van der Waals surface area contributed by atoms with Crippen LogP contribution >= 0.6 is 0 Å². The van der Waals surface area contributed by atoms with Gasteiger partial charge in [-0.15, -0.1) is 5.10 Å². The van der Waals surface area contributed by atoms with Gasteiger partial charge in [-0.05, 0) is 12.1 Å². The molecule has 0 atom stereocenters. The van der Waals surface area contributed by atoms with Crippen molar-refractivity contribution in [1.82, 2.24) is 30.9 Å². The summed E-state index contributed by atoms with van der Waals surface area (Å²) in [6.45, 7) is -2.05. The number of nitrogens with one attached hydrogen (secondary N) is 3. The molecule has 3 rings (SSSR count). The first kappa shape index (κ1) is 24.2. The number of hydrogen-bond donors (Lipinski definition) is 3. The van der Waals surface area contributed by atoms with Gasteiger partial charge in [-0.3, -0.25) is 20.4 Å². The maximum absolute atomic E-state index is 12.5. The molecule has 10 nitrogen and oxygen atoms in total. The van der Waals surface area contributed by atoms with E-state index in [0.717, 1.165) is 0 Å². The summed E-state index contributed by atoms with van der Waals surface area (Å²) in [6.07, 6.45) is -6.30. The molecule has 1 aromatic heterocycles. The molecule has 178 valence electrons. The summed E-state index contributed by atoms with van der Waals surface area (Å²) < 4.78 is 41.4. The van der Waals surface area contributed by atoms with E-state index >= 15 is 0 Å². The number of para-hydroxylation sites is 1. The van der Waals surface area contributed by atoms with E-state index in [4.69, 9.17) is 0 Å². The van der Waals surface area contributed by atoms with Gasteiger partial charge in [-0.2, -0.15) is 13.2 Å². The van der Waals surface area contributed by atoms with Gasteiger partial charge in [0.1, 0.15) is 0 Å². The molecular formula is C21H19F3N6O4. The molecule has 0 aliphatic heterocycles. The Kier molecular flexibility index (Phi) is 7.79. The average molecular weight is 476 g/mol. The number of carbonyl (C=O) groups excluding carboxylic acids is 3. The van der Waals surface area contributed by atoms with Crippen molar-refractivity contribution in [3.05, 3.63) is 66.5 Å². The number of nitrogens with zero attached hydrogens (tertiary/aromatic N) is 3. The average Bonchev–Trinajstić information content (AvgIpc) is 3.28. The van der Waals surface area contributed by atoms with Gasteiger partial charge in [0.05, 0.1) is 5.69 Å². The highest BCUT2D eigenvalue weighted by Crippen LogP contribution is 2.21. The van der Waals surface area contributed by atoms with Crippen LogP contribution in [0.15, 0.2) is 60.7 Å². The highest BCUT2D eigenvalue weighted by molar-refractivity contribution is 5.92. The Bertz CT molecular complexity index is 1080. The molecule has 0 bridgehead atoms. The Morgan fingerprint density at radius 1 is 0.941 bits per heavy atom. The van der Waals surface area contributed by atoms with Gasteiger partial charge in [0.15, 0.2) is 12.4 Å². The maximum atomic E-state index is 12.5. The molecule has 34 heavy (non-hydrogen) atoms. The Morgan fingerprint density at radius 2 is 1.59 bits per heavy atom. The Labute approximate surface area is 191 Å². The SMILES string of the molecule is O=C(CCNC(=O)OCC(F)(F)F)NNC(=O)c1nc(-c2ccccc2)n(-c2ccccc2)n1. The number of aromatic nitrogens is 3. The lowest BCUT2D eigenvalue weighted by atomic mass is 10.2. The van der Waals surface area contributed by atoms with E-state index in [2.05, 4.69) is 25.7 Å². The Balaban J connectivity index is 1.57. The van der Waals surface area contributed by atoms with E-state index in [1.807, 2.05) is 29.6 Å². The minimum absolute atomic E-state index is 0.211. The second kappa shape index (κ2) is 10.9. The van der Waals surface area contributed by atoms with Gasteiger partial charge < -0.3 is 10.1 Å². The number of ether oxygens (including phenoxy) is 1. The highest BCUT2D eigenvalue weighted by Gasteiger charge is 2.29. The number of alkyl carbamates (subject to hydrolysis) is 1. The highest BCUT2D eigenvalue weighted by atomic mass is 19.4. The molecule has 3 aromatic rings. The van der Waals surface area contributed by atoms with Gasteiger partial charge in [0.2, 0.25) is 11.7 Å². The molecule has 0 saturated heterocycles. The van der Waals surface area contributed by atoms with Crippen molar-refractivity contribution in [2.24, 2.45) is 0 Å². The zero-order valence-electron chi connectivity index (χ0n) is 17.5. The largest absolute Gasteiger partial charge is 0.440 e. The number of amides is 3. The van der Waals surface area contributed by atoms with Crippen molar-refractivity contribution in [3.8, 4) is 17.1 Å². The van der Waals surface area contributed by atoms with Crippen LogP contribution in [0.5, 0.6) is 0 Å². The lowest BCUT2D eigenvalue weighted by Gasteiger charge is -2.09. The van der Waals surface area contributed by atoms with Crippen molar-refractivity contribution < 1.29 is 32.3 Å². The molecule has 0 saturated carbocycles. The number of carbonyl (C=O) groups is 3. The summed E-state index contributed by atoms with van der Waals surface area (Å²) in [5.74, 6) is -1.31. The predicted octanol–water partition coefficient (Wildman–Crippen LogP) is 2.37. The molecule has 3 amide bonds. The number of benzene rings is 2. The van der Waals surface area contributed by atoms with Crippen molar-refractivity contribution in [2.45, 2.75) is 12.6 Å². The molecule has 0 spiro atoms. The molecular weight excluding hydrogens is 457 g/mol. The predicted molar refractivity (Wildman–Crippen MR) is 112 cm³/mol. The normalized spacial score (nSPS) is 10.9. The first-order valence-electron chi connectivity index (χ1n) is 9.87. The van der Waals surface area contributed by atoms with Crippen LogP contribution in [-0.4, -0.2) is 52.0 Å². The summed E-state index contributed by atoms with van der Waals surface area (Å²) in [7, 11) is 0. The lowest BCUT2D eigenvalue weighted by Crippen LogP contribution is -2.43. The van der Waals surface area contributed by atoms with E-state index in [1.165, 1.54) is 4.68 Å². The molecule has 2 aromatic carbocycles. The third kappa shape index (κ3) is 7.05. The van der Waals surface area contributed by atoms with Crippen molar-refractivity contribution in [3.63, 3.8) is 0 Å². The number of rotatable bonds is 7. The molecule has 0 fully saturated rings. The quantitative estimate of drug-likeness (QED) is 0.450. The Morgan fingerprint density at radius 3 is 2.24 bits per heavy atom. The van der Waals surface area contributed by atoms with Gasteiger partial charge in [0.25, 0.3) is 0 Å². The third-order valence-electron chi connectivity index (χ3n) is 4.15. The monoisotopic (exact) mass is 476 g/mol. The van der Waals surface area contributed by atoms with Gasteiger partial charge in [-0.25, -0.2) is 14.5 Å². The van der Waals surface area contributed by atoms with E-state index in [-0.39, 0.29) is 18.8 Å². The topological polar surface area (TPSA) is 127 Å². The van der Waals surface area contributed by atoms with Crippen LogP contribution in [-0.2, 0) is 9.53 Å². The van der Waals surface area contributed by atoms with Crippen LogP contribution in [0.1, 0.15) is 17.0 Å². The zero-order valence-corrected chi connectivity index (χ0v) is 17.5. The summed E-state index contributed by atoms with van der Waals surface area (Å²) in [4.78, 5) is 39.7. The van der Waals surface area contributed by atoms with Gasteiger partial charge in [0, 0.05) is 18.5 Å². The number of hydrazine groups is 1. The summed E-state index contributed by atoms with van der Waals surface area (Å²) in [5, 5.41) is 6.23. The number of hydrogen-bond acceptors (Lipinski definition) is 6. The standard InChI is InChI=1S/C21H19F3N6O4/c22-21(23,24)13-34-20(33)25-12-11-16(31)27-28-19(32)17-26-18(14-7-3-1-4-8-14)30(29-17)15-9-5-2-6-10-15/h1-10H,11-13H2,(H,25,33)(H,27,31)(H,28,32). The number of halogens is 3. The molecule has 0 unspecified atom stereocenters. The van der Waals surface area contributed by atoms with E-state index < -0.39 is 30.7 Å². The number of alkyl halides is 3. The lowest BCUT2D eigenvalue weighted by molar-refractivity contribution is -0.160. The van der Waals surface area contributed by atoms with Gasteiger partial charge in [-0.1, -0.05) is 48.5 Å². The van der Waals surface area contributed by atoms with Crippen molar-refractivity contribution >= 4 is 17.9 Å². The van der Waals surface area contributed by atoms with Crippen LogP contribution in [0, 0.1) is 0 Å². The van der Waals surface area contributed by atoms with Crippen molar-refractivity contribution in [1.29, 1.82) is 0 Å². The molecule has 0 aliphatic carbocycles. The molecule has 3 N–H and O–H groups in total. The minimum Gasteiger partial charge on any atom is -0.440 e. The second-order valence-corrected chi connectivity index (χ2v) is 6.74. The summed E-state index contributed by atoms with van der Waals surface area (Å²) in [6, 6.07) is 18.1. The summed E-state index contributed by atoms with van der Waals surface area (Å²) >= 11 is 0. The first-order chi connectivity index (χ1) is 16.2.